The van der Waals surface area contributed by atoms with Crippen LogP contribution in [0.25, 0.3) is 10.2 Å². The van der Waals surface area contributed by atoms with Crippen LogP contribution in [0.15, 0.2) is 41.5 Å². The Morgan fingerprint density at radius 1 is 1.17 bits per heavy atom. The van der Waals surface area contributed by atoms with Crippen molar-refractivity contribution in [2.24, 2.45) is 5.10 Å². The van der Waals surface area contributed by atoms with Crippen molar-refractivity contribution < 1.29 is 13.6 Å². The SMILES string of the molecule is O=C1/C(=N\Nc2nc3ccccc3s2)Cc2c1ccc(F)c2F. The molecule has 1 heterocycles. The summed E-state index contributed by atoms with van der Waals surface area (Å²) in [6.07, 6.45) is -0.0321. The number of benzene rings is 2. The fraction of sp³-hybridized carbons (Fsp3) is 0.0625. The van der Waals surface area contributed by atoms with Crippen LogP contribution in [0.5, 0.6) is 0 Å². The van der Waals surface area contributed by atoms with Gasteiger partial charge in [-0.3, -0.25) is 10.2 Å². The Kier molecular flexibility index (Phi) is 3.16. The highest BCUT2D eigenvalue weighted by atomic mass is 32.1. The fourth-order valence-corrected chi connectivity index (χ4v) is 3.32. The Morgan fingerprint density at radius 3 is 2.83 bits per heavy atom. The Labute approximate surface area is 133 Å². The molecule has 0 saturated heterocycles. The van der Waals surface area contributed by atoms with Crippen LogP contribution in [-0.4, -0.2) is 16.5 Å². The molecular formula is C16H9F2N3OS. The minimum absolute atomic E-state index is 0.0321. The number of ketones is 1. The van der Waals surface area contributed by atoms with Gasteiger partial charge in [-0.2, -0.15) is 5.10 Å². The summed E-state index contributed by atoms with van der Waals surface area (Å²) in [6, 6.07) is 9.84. The van der Waals surface area contributed by atoms with Crippen LogP contribution in [0.2, 0.25) is 0 Å². The molecule has 3 aromatic rings. The molecule has 114 valence electrons. The van der Waals surface area contributed by atoms with E-state index in [0.717, 1.165) is 16.3 Å². The molecule has 4 nitrogen and oxygen atoms in total. The number of carbonyl (C=O) groups is 1. The number of halogens is 2. The van der Waals surface area contributed by atoms with Gasteiger partial charge >= 0.3 is 0 Å². The second kappa shape index (κ2) is 5.20. The van der Waals surface area contributed by atoms with Crippen molar-refractivity contribution in [2.75, 3.05) is 5.43 Å². The lowest BCUT2D eigenvalue weighted by Gasteiger charge is -1.98. The number of rotatable bonds is 2. The maximum absolute atomic E-state index is 13.7. The quantitative estimate of drug-likeness (QED) is 0.728. The topological polar surface area (TPSA) is 54.4 Å². The molecule has 0 radical (unpaired) electrons. The monoisotopic (exact) mass is 329 g/mol. The van der Waals surface area contributed by atoms with E-state index in [1.165, 1.54) is 17.4 Å². The Balaban J connectivity index is 1.63. The van der Waals surface area contributed by atoms with Gasteiger partial charge in [0.2, 0.25) is 10.9 Å². The van der Waals surface area contributed by atoms with E-state index < -0.39 is 17.4 Å². The van der Waals surface area contributed by atoms with E-state index in [1.807, 2.05) is 24.3 Å². The fourth-order valence-electron chi connectivity index (χ4n) is 2.51. The van der Waals surface area contributed by atoms with Gasteiger partial charge in [-0.25, -0.2) is 13.8 Å². The van der Waals surface area contributed by atoms with Crippen molar-refractivity contribution in [1.29, 1.82) is 0 Å². The largest absolute Gasteiger partial charge is 0.287 e. The number of hydrogen-bond acceptors (Lipinski definition) is 5. The molecule has 1 aromatic heterocycles. The van der Waals surface area contributed by atoms with Crippen LogP contribution in [0.1, 0.15) is 15.9 Å². The van der Waals surface area contributed by atoms with Crippen LogP contribution in [0, 0.1) is 11.6 Å². The molecular weight excluding hydrogens is 320 g/mol. The van der Waals surface area contributed by atoms with Gasteiger partial charge in [0.05, 0.1) is 10.2 Å². The number of hydrogen-bond donors (Lipinski definition) is 1. The molecule has 0 amide bonds. The number of nitrogens with one attached hydrogen (secondary N) is 1. The van der Waals surface area contributed by atoms with E-state index in [1.54, 1.807) is 0 Å². The van der Waals surface area contributed by atoms with E-state index in [0.29, 0.717) is 5.13 Å². The van der Waals surface area contributed by atoms with Gasteiger partial charge in [0.1, 0.15) is 5.71 Å². The zero-order valence-electron chi connectivity index (χ0n) is 11.6. The van der Waals surface area contributed by atoms with Crippen LogP contribution in [-0.2, 0) is 6.42 Å². The first-order valence-electron chi connectivity index (χ1n) is 6.83. The predicted molar refractivity (Wildman–Crippen MR) is 85.1 cm³/mol. The summed E-state index contributed by atoms with van der Waals surface area (Å²) < 4.78 is 28.0. The number of nitrogens with zero attached hydrogens (tertiary/aromatic N) is 2. The predicted octanol–water partition coefficient (Wildman–Crippen LogP) is 3.78. The van der Waals surface area contributed by atoms with Gasteiger partial charge in [-0.1, -0.05) is 23.5 Å². The molecule has 0 saturated carbocycles. The van der Waals surface area contributed by atoms with Crippen LogP contribution in [0.4, 0.5) is 13.9 Å². The minimum Gasteiger partial charge on any atom is -0.287 e. The van der Waals surface area contributed by atoms with Crippen molar-refractivity contribution in [2.45, 2.75) is 6.42 Å². The highest BCUT2D eigenvalue weighted by Crippen LogP contribution is 2.27. The lowest BCUT2D eigenvalue weighted by atomic mass is 10.1. The second-order valence-corrected chi connectivity index (χ2v) is 6.08. The highest BCUT2D eigenvalue weighted by molar-refractivity contribution is 7.22. The van der Waals surface area contributed by atoms with Crippen molar-refractivity contribution in [3.63, 3.8) is 0 Å². The third kappa shape index (κ3) is 2.29. The van der Waals surface area contributed by atoms with Gasteiger partial charge in [0.25, 0.3) is 0 Å². The first-order chi connectivity index (χ1) is 11.1. The van der Waals surface area contributed by atoms with E-state index in [-0.39, 0.29) is 23.3 Å². The van der Waals surface area contributed by atoms with Crippen molar-refractivity contribution in [3.8, 4) is 0 Å². The number of thiazole rings is 1. The number of fused-ring (bicyclic) bond motifs is 2. The number of anilines is 1. The Morgan fingerprint density at radius 2 is 2.00 bits per heavy atom. The average molecular weight is 329 g/mol. The standard InChI is InChI=1S/C16H9F2N3OS/c17-10-6-5-8-9(14(10)18)7-12(15(8)22)20-21-16-19-11-3-1-2-4-13(11)23-16/h1-6H,7H2,(H,19,21)/b20-12-. The van der Waals surface area contributed by atoms with Crippen LogP contribution >= 0.6 is 11.3 Å². The Bertz CT molecular complexity index is 948. The molecule has 0 bridgehead atoms. The minimum atomic E-state index is -0.985. The lowest BCUT2D eigenvalue weighted by molar-refractivity contribution is 0.106. The van der Waals surface area contributed by atoms with Gasteiger partial charge in [0, 0.05) is 17.5 Å². The van der Waals surface area contributed by atoms with Crippen molar-refractivity contribution >= 4 is 38.2 Å². The lowest BCUT2D eigenvalue weighted by Crippen LogP contribution is -2.10. The molecule has 4 rings (SSSR count). The molecule has 2 aromatic carbocycles. The molecule has 23 heavy (non-hydrogen) atoms. The molecule has 0 spiro atoms. The zero-order chi connectivity index (χ0) is 16.0. The summed E-state index contributed by atoms with van der Waals surface area (Å²) in [6.45, 7) is 0. The molecule has 7 heteroatoms. The Hall–Kier alpha value is -2.67. The van der Waals surface area contributed by atoms with Crippen LogP contribution in [0.3, 0.4) is 0 Å². The number of Topliss-reactive ketones (excluding diaryl/α,β-unsaturated/α-hetero) is 1. The van der Waals surface area contributed by atoms with Crippen molar-refractivity contribution in [1.82, 2.24) is 4.98 Å². The van der Waals surface area contributed by atoms with Crippen molar-refractivity contribution in [3.05, 3.63) is 59.2 Å². The van der Waals surface area contributed by atoms with E-state index in [2.05, 4.69) is 15.5 Å². The maximum Gasteiger partial charge on any atom is 0.209 e. The number of para-hydroxylation sites is 1. The molecule has 0 unspecified atom stereocenters. The highest BCUT2D eigenvalue weighted by Gasteiger charge is 2.30. The third-order valence-corrected chi connectivity index (χ3v) is 4.57. The summed E-state index contributed by atoms with van der Waals surface area (Å²) in [5.74, 6) is -2.34. The second-order valence-electron chi connectivity index (χ2n) is 5.05. The molecule has 1 aliphatic carbocycles. The zero-order valence-corrected chi connectivity index (χ0v) is 12.5. The summed E-state index contributed by atoms with van der Waals surface area (Å²) in [5.41, 5.74) is 3.92. The molecule has 0 atom stereocenters. The summed E-state index contributed by atoms with van der Waals surface area (Å²) >= 11 is 1.40. The van der Waals surface area contributed by atoms with Gasteiger partial charge in [-0.05, 0) is 24.3 Å². The number of aromatic nitrogens is 1. The molecule has 0 aliphatic heterocycles. The first kappa shape index (κ1) is 14.0. The summed E-state index contributed by atoms with van der Waals surface area (Å²) in [5, 5.41) is 4.57. The third-order valence-electron chi connectivity index (χ3n) is 3.63. The number of hydrazone groups is 1. The summed E-state index contributed by atoms with van der Waals surface area (Å²) in [7, 11) is 0. The summed E-state index contributed by atoms with van der Waals surface area (Å²) in [4.78, 5) is 16.5. The van der Waals surface area contributed by atoms with E-state index in [4.69, 9.17) is 0 Å². The molecule has 1 N–H and O–H groups in total. The molecule has 1 aliphatic rings. The van der Waals surface area contributed by atoms with Gasteiger partial charge < -0.3 is 0 Å². The number of carbonyl (C=O) groups excluding carboxylic acids is 1. The maximum atomic E-state index is 13.7. The normalized spacial score (nSPS) is 15.4. The first-order valence-corrected chi connectivity index (χ1v) is 7.65. The average Bonchev–Trinajstić information content (AvgIpc) is 3.10. The van der Waals surface area contributed by atoms with Crippen LogP contribution < -0.4 is 5.43 Å². The van der Waals surface area contributed by atoms with Gasteiger partial charge in [-0.15, -0.1) is 0 Å². The van der Waals surface area contributed by atoms with E-state index >= 15 is 0 Å². The smallest absolute Gasteiger partial charge is 0.209 e. The van der Waals surface area contributed by atoms with E-state index in [9.17, 15) is 13.6 Å². The van der Waals surface area contributed by atoms with Gasteiger partial charge in [0.15, 0.2) is 11.6 Å². The molecule has 0 fully saturated rings.